The van der Waals surface area contributed by atoms with E-state index in [1.54, 1.807) is 6.92 Å². The van der Waals surface area contributed by atoms with Gasteiger partial charge in [0.15, 0.2) is 0 Å². The molecule has 0 aromatic heterocycles. The van der Waals surface area contributed by atoms with Gasteiger partial charge in [-0.05, 0) is 31.2 Å². The lowest BCUT2D eigenvalue weighted by molar-refractivity contribution is -0.395. The lowest BCUT2D eigenvalue weighted by Gasteiger charge is -2.16. The van der Waals surface area contributed by atoms with Crippen LogP contribution in [-0.2, 0) is 4.79 Å². The highest BCUT2D eigenvalue weighted by atomic mass is 16.6. The van der Waals surface area contributed by atoms with Crippen LogP contribution in [0.25, 0.3) is 0 Å². The molecule has 1 aromatic carbocycles. The summed E-state index contributed by atoms with van der Waals surface area (Å²) in [5.41, 5.74) is -0.616. The van der Waals surface area contributed by atoms with Gasteiger partial charge in [-0.15, -0.1) is 0 Å². The molecule has 0 radical (unpaired) electrons. The van der Waals surface area contributed by atoms with Gasteiger partial charge >= 0.3 is 17.3 Å². The molecule has 142 valence electrons. The second kappa shape index (κ2) is 10.3. The Bertz CT molecular complexity index is 664. The molecule has 0 aliphatic carbocycles. The lowest BCUT2D eigenvalue weighted by Crippen LogP contribution is -2.09. The third-order valence-electron chi connectivity index (χ3n) is 4.09. The summed E-state index contributed by atoms with van der Waals surface area (Å²) in [7, 11) is 0. The number of hydrogen-bond acceptors (Lipinski definition) is 6. The van der Waals surface area contributed by atoms with E-state index in [1.807, 2.05) is 6.92 Å². The quantitative estimate of drug-likeness (QED) is 0.143. The van der Waals surface area contributed by atoms with Crippen LogP contribution < -0.4 is 4.74 Å². The number of carbonyl (C=O) groups excluding carboxylic acids is 1. The number of nitrogens with zero attached hydrogens (tertiary/aromatic N) is 2. The van der Waals surface area contributed by atoms with Gasteiger partial charge < -0.3 is 4.74 Å². The maximum atomic E-state index is 11.7. The van der Waals surface area contributed by atoms with Crippen LogP contribution >= 0.6 is 0 Å². The highest BCUT2D eigenvalue weighted by Crippen LogP contribution is 2.41. The van der Waals surface area contributed by atoms with E-state index in [9.17, 15) is 25.0 Å². The molecule has 0 bridgehead atoms. The van der Waals surface area contributed by atoms with Gasteiger partial charge in [0.25, 0.3) is 5.75 Å². The molecule has 0 saturated carbocycles. The standard InChI is InChI=1S/C18H24N2O6/c1-4-7-8-10-13(6-3)14-11-15(19(22)23)18(16(12-14)20(24)25)26-17(21)9-5-2/h5,9,11-13H,4,6-8,10H2,1-3H3/b9-5-. The lowest BCUT2D eigenvalue weighted by atomic mass is 9.90. The van der Waals surface area contributed by atoms with Crippen LogP contribution in [0.1, 0.15) is 64.4 Å². The minimum atomic E-state index is -0.901. The Hall–Kier alpha value is -2.77. The van der Waals surface area contributed by atoms with E-state index in [0.29, 0.717) is 12.0 Å². The van der Waals surface area contributed by atoms with Crippen LogP contribution in [0, 0.1) is 20.2 Å². The molecular formula is C18H24N2O6. The van der Waals surface area contributed by atoms with Gasteiger partial charge in [-0.25, -0.2) is 4.79 Å². The Kier molecular flexibility index (Phi) is 8.41. The summed E-state index contributed by atoms with van der Waals surface area (Å²) in [6.45, 7) is 5.58. The van der Waals surface area contributed by atoms with Gasteiger partial charge in [-0.2, -0.15) is 0 Å². The molecule has 1 aromatic rings. The number of rotatable bonds is 10. The Morgan fingerprint density at radius 2 is 1.73 bits per heavy atom. The first-order valence-electron chi connectivity index (χ1n) is 8.66. The van der Waals surface area contributed by atoms with Crippen LogP contribution in [0.4, 0.5) is 11.4 Å². The van der Waals surface area contributed by atoms with E-state index in [2.05, 4.69) is 6.92 Å². The van der Waals surface area contributed by atoms with E-state index in [-0.39, 0.29) is 5.92 Å². The zero-order chi connectivity index (χ0) is 19.7. The number of benzene rings is 1. The van der Waals surface area contributed by atoms with Crippen LogP contribution in [0.5, 0.6) is 5.75 Å². The maximum Gasteiger partial charge on any atom is 0.336 e. The molecule has 8 nitrogen and oxygen atoms in total. The normalized spacial score (nSPS) is 12.1. The van der Waals surface area contributed by atoms with Crippen LogP contribution in [0.15, 0.2) is 24.3 Å². The van der Waals surface area contributed by atoms with E-state index in [0.717, 1.165) is 31.8 Å². The third kappa shape index (κ3) is 5.65. The van der Waals surface area contributed by atoms with Crippen molar-refractivity contribution in [2.24, 2.45) is 0 Å². The molecular weight excluding hydrogens is 340 g/mol. The van der Waals surface area contributed by atoms with E-state index >= 15 is 0 Å². The smallest absolute Gasteiger partial charge is 0.336 e. The fourth-order valence-electron chi connectivity index (χ4n) is 2.75. The number of carbonyl (C=O) groups is 1. The van der Waals surface area contributed by atoms with Crippen molar-refractivity contribution in [3.63, 3.8) is 0 Å². The van der Waals surface area contributed by atoms with Crippen molar-refractivity contribution in [2.75, 3.05) is 0 Å². The van der Waals surface area contributed by atoms with Gasteiger partial charge in [-0.1, -0.05) is 39.2 Å². The van der Waals surface area contributed by atoms with Crippen molar-refractivity contribution < 1.29 is 19.4 Å². The summed E-state index contributed by atoms with van der Waals surface area (Å²) in [5.74, 6) is -1.56. The number of unbranched alkanes of at least 4 members (excludes halogenated alkanes) is 2. The topological polar surface area (TPSA) is 113 Å². The van der Waals surface area contributed by atoms with Crippen molar-refractivity contribution >= 4 is 17.3 Å². The van der Waals surface area contributed by atoms with Crippen molar-refractivity contribution in [3.05, 3.63) is 50.1 Å². The summed E-state index contributed by atoms with van der Waals surface area (Å²) in [6, 6.07) is 2.57. The predicted molar refractivity (Wildman–Crippen MR) is 97.4 cm³/mol. The molecule has 0 heterocycles. The number of nitro groups is 2. The SMILES string of the molecule is C/C=C\C(=O)Oc1c([N+](=O)[O-])cc(C(CC)CCCCC)cc1[N+](=O)[O-]. The number of ether oxygens (including phenoxy) is 1. The monoisotopic (exact) mass is 364 g/mol. The largest absolute Gasteiger partial charge is 0.409 e. The average Bonchev–Trinajstić information content (AvgIpc) is 2.58. The highest BCUT2D eigenvalue weighted by molar-refractivity contribution is 5.86. The Labute approximate surface area is 152 Å². The molecule has 26 heavy (non-hydrogen) atoms. The molecule has 1 unspecified atom stereocenters. The van der Waals surface area contributed by atoms with Gasteiger partial charge in [0.05, 0.1) is 9.85 Å². The molecule has 8 heteroatoms. The number of hydrogen-bond donors (Lipinski definition) is 0. The molecule has 0 aliphatic heterocycles. The molecule has 1 atom stereocenters. The predicted octanol–water partition coefficient (Wildman–Crippen LogP) is 5.06. The number of allylic oxidation sites excluding steroid dienone is 1. The first-order valence-corrected chi connectivity index (χ1v) is 8.66. The zero-order valence-electron chi connectivity index (χ0n) is 15.3. The average molecular weight is 364 g/mol. The molecule has 1 rings (SSSR count). The zero-order valence-corrected chi connectivity index (χ0v) is 15.3. The summed E-state index contributed by atoms with van der Waals surface area (Å²) in [6.07, 6.45) is 6.92. The first-order chi connectivity index (χ1) is 12.3. The molecule has 0 amide bonds. The maximum absolute atomic E-state index is 11.7. The third-order valence-corrected chi connectivity index (χ3v) is 4.09. The molecule has 0 saturated heterocycles. The summed E-state index contributed by atoms with van der Waals surface area (Å²) >= 11 is 0. The van der Waals surface area contributed by atoms with Gasteiger partial charge in [-0.3, -0.25) is 20.2 Å². The second-order valence-corrected chi connectivity index (χ2v) is 5.92. The molecule has 0 aliphatic rings. The molecule has 0 N–H and O–H groups in total. The number of esters is 1. The van der Waals surface area contributed by atoms with Crippen molar-refractivity contribution in [1.82, 2.24) is 0 Å². The fraction of sp³-hybridized carbons (Fsp3) is 0.500. The van der Waals surface area contributed by atoms with Gasteiger partial charge in [0.1, 0.15) is 0 Å². The molecule has 0 spiro atoms. The Balaban J connectivity index is 3.41. The minimum Gasteiger partial charge on any atom is -0.409 e. The van der Waals surface area contributed by atoms with Crippen molar-refractivity contribution in [2.45, 2.75) is 58.8 Å². The van der Waals surface area contributed by atoms with Crippen LogP contribution in [0.3, 0.4) is 0 Å². The molecule has 0 fully saturated rings. The van der Waals surface area contributed by atoms with E-state index in [4.69, 9.17) is 4.74 Å². The first kappa shape index (κ1) is 21.3. The van der Waals surface area contributed by atoms with Gasteiger partial charge in [0, 0.05) is 18.2 Å². The van der Waals surface area contributed by atoms with Crippen molar-refractivity contribution in [1.29, 1.82) is 0 Å². The Morgan fingerprint density at radius 3 is 2.15 bits per heavy atom. The van der Waals surface area contributed by atoms with Crippen LogP contribution in [0.2, 0.25) is 0 Å². The van der Waals surface area contributed by atoms with Crippen molar-refractivity contribution in [3.8, 4) is 5.75 Å². The van der Waals surface area contributed by atoms with Crippen LogP contribution in [-0.4, -0.2) is 15.8 Å². The summed E-state index contributed by atoms with van der Waals surface area (Å²) in [5, 5.41) is 22.9. The number of nitro benzene ring substituents is 2. The summed E-state index contributed by atoms with van der Waals surface area (Å²) in [4.78, 5) is 33.0. The highest BCUT2D eigenvalue weighted by Gasteiger charge is 2.31. The van der Waals surface area contributed by atoms with E-state index < -0.39 is 32.9 Å². The van der Waals surface area contributed by atoms with E-state index in [1.165, 1.54) is 18.2 Å². The Morgan fingerprint density at radius 1 is 1.15 bits per heavy atom. The summed E-state index contributed by atoms with van der Waals surface area (Å²) < 4.78 is 4.90. The fourth-order valence-corrected chi connectivity index (χ4v) is 2.75. The minimum absolute atomic E-state index is 0.0285. The second-order valence-electron chi connectivity index (χ2n) is 5.92. The van der Waals surface area contributed by atoms with Gasteiger partial charge in [0.2, 0.25) is 0 Å².